The monoisotopic (exact) mass is 411 g/mol. The van der Waals surface area contributed by atoms with Gasteiger partial charge in [-0.3, -0.25) is 9.89 Å². The van der Waals surface area contributed by atoms with Crippen molar-refractivity contribution < 1.29 is 4.79 Å². The van der Waals surface area contributed by atoms with Gasteiger partial charge in [-0.05, 0) is 55.2 Å². The van der Waals surface area contributed by atoms with Gasteiger partial charge < -0.3 is 4.90 Å². The normalized spacial score (nSPS) is 17.2. The molecule has 1 aromatic heterocycles. The molecule has 5 heteroatoms. The van der Waals surface area contributed by atoms with Crippen LogP contribution in [0.25, 0.3) is 10.9 Å². The molecule has 1 amide bonds. The third-order valence-corrected chi connectivity index (χ3v) is 5.68. The molecule has 1 aliphatic rings. The van der Waals surface area contributed by atoms with Crippen LogP contribution < -0.4 is 0 Å². The predicted octanol–water partition coefficient (Wildman–Crippen LogP) is 5.26. The second-order valence-corrected chi connectivity index (χ2v) is 7.81. The number of carbonyl (C=O) groups is 1. The quantitative estimate of drug-likeness (QED) is 0.636. The van der Waals surface area contributed by atoms with Crippen LogP contribution in [0.15, 0.2) is 46.9 Å². The van der Waals surface area contributed by atoms with E-state index >= 15 is 0 Å². The molecular weight excluding hydrogens is 390 g/mol. The molecule has 134 valence electrons. The topological polar surface area (TPSA) is 49.0 Å². The van der Waals surface area contributed by atoms with E-state index in [4.69, 9.17) is 0 Å². The lowest BCUT2D eigenvalue weighted by atomic mass is 10.0. The van der Waals surface area contributed by atoms with Gasteiger partial charge in [-0.2, -0.15) is 5.10 Å². The first-order valence-corrected chi connectivity index (χ1v) is 10.00. The Morgan fingerprint density at radius 1 is 1.27 bits per heavy atom. The molecule has 26 heavy (non-hydrogen) atoms. The smallest absolute Gasteiger partial charge is 0.254 e. The summed E-state index contributed by atoms with van der Waals surface area (Å²) in [4.78, 5) is 15.2. The van der Waals surface area contributed by atoms with E-state index in [0.29, 0.717) is 0 Å². The molecule has 0 aliphatic carbocycles. The van der Waals surface area contributed by atoms with Crippen LogP contribution in [0.3, 0.4) is 0 Å². The maximum absolute atomic E-state index is 13.2. The second kappa shape index (κ2) is 7.23. The van der Waals surface area contributed by atoms with Crippen molar-refractivity contribution in [3.8, 4) is 0 Å². The highest BCUT2D eigenvalue weighted by atomic mass is 79.9. The Morgan fingerprint density at radius 3 is 2.85 bits per heavy atom. The van der Waals surface area contributed by atoms with Gasteiger partial charge in [-0.15, -0.1) is 0 Å². The van der Waals surface area contributed by atoms with Crippen LogP contribution in [0.5, 0.6) is 0 Å². The molecule has 3 aromatic rings. The summed E-state index contributed by atoms with van der Waals surface area (Å²) < 4.78 is 1.06. The maximum Gasteiger partial charge on any atom is 0.254 e. The van der Waals surface area contributed by atoms with E-state index in [1.807, 2.05) is 35.2 Å². The van der Waals surface area contributed by atoms with Gasteiger partial charge in [0.25, 0.3) is 5.91 Å². The second-order valence-electron chi connectivity index (χ2n) is 6.89. The van der Waals surface area contributed by atoms with E-state index in [-0.39, 0.29) is 11.9 Å². The number of hydrogen-bond donors (Lipinski definition) is 1. The number of hydrogen-bond acceptors (Lipinski definition) is 2. The van der Waals surface area contributed by atoms with Crippen LogP contribution in [-0.2, 0) is 6.42 Å². The van der Waals surface area contributed by atoms with Crippen molar-refractivity contribution in [2.75, 3.05) is 6.54 Å². The van der Waals surface area contributed by atoms with E-state index in [1.165, 1.54) is 5.56 Å². The highest BCUT2D eigenvalue weighted by Crippen LogP contribution is 2.34. The number of likely N-dealkylation sites (tertiary alicyclic amines) is 1. The minimum absolute atomic E-state index is 0.112. The van der Waals surface area contributed by atoms with Gasteiger partial charge in [-0.1, -0.05) is 41.4 Å². The average Bonchev–Trinajstić information content (AvgIpc) is 3.29. The Bertz CT molecular complexity index is 932. The summed E-state index contributed by atoms with van der Waals surface area (Å²) in [5.41, 5.74) is 3.99. The number of H-pyrrole nitrogens is 1. The lowest BCUT2D eigenvalue weighted by Gasteiger charge is -2.25. The number of fused-ring (bicyclic) bond motifs is 1. The lowest BCUT2D eigenvalue weighted by Crippen LogP contribution is -2.30. The summed E-state index contributed by atoms with van der Waals surface area (Å²) in [5, 5.41) is 8.53. The highest BCUT2D eigenvalue weighted by molar-refractivity contribution is 9.10. The van der Waals surface area contributed by atoms with Crippen LogP contribution in [0.2, 0.25) is 0 Å². The summed E-state index contributed by atoms with van der Waals surface area (Å²) in [7, 11) is 0. The summed E-state index contributed by atoms with van der Waals surface area (Å²) in [6.07, 6.45) is 4.05. The van der Waals surface area contributed by atoms with Gasteiger partial charge in [0.2, 0.25) is 0 Å². The zero-order chi connectivity index (χ0) is 18.1. The molecule has 4 rings (SSSR count). The molecule has 1 atom stereocenters. The van der Waals surface area contributed by atoms with Gasteiger partial charge >= 0.3 is 0 Å². The number of aryl methyl sites for hydroxylation is 1. The molecule has 1 N–H and O–H groups in total. The Balaban J connectivity index is 1.64. The van der Waals surface area contributed by atoms with E-state index in [0.717, 1.165) is 58.9 Å². The molecule has 2 heterocycles. The highest BCUT2D eigenvalue weighted by Gasteiger charge is 2.30. The molecule has 4 nitrogen and oxygen atoms in total. The molecule has 0 radical (unpaired) electrons. The van der Waals surface area contributed by atoms with Crippen molar-refractivity contribution in [2.24, 2.45) is 0 Å². The van der Waals surface area contributed by atoms with E-state index in [2.05, 4.69) is 45.2 Å². The number of nitrogens with one attached hydrogen (secondary N) is 1. The van der Waals surface area contributed by atoms with E-state index < -0.39 is 0 Å². The fourth-order valence-electron chi connectivity index (χ4n) is 3.84. The van der Waals surface area contributed by atoms with Crippen molar-refractivity contribution in [1.82, 2.24) is 15.1 Å². The summed E-state index contributed by atoms with van der Waals surface area (Å²) in [5.74, 6) is 0.112. The van der Waals surface area contributed by atoms with Gasteiger partial charge in [0.15, 0.2) is 0 Å². The largest absolute Gasteiger partial charge is 0.332 e. The standard InChI is InChI=1S/C21H22BrN3O/c1-2-4-18-17-13-15(8-11-19(17)24-23-18)21(26)25-12-3-5-20(25)14-6-9-16(22)10-7-14/h6-11,13,20H,2-5,12H2,1H3,(H,23,24). The first kappa shape index (κ1) is 17.3. The molecule has 2 aromatic carbocycles. The van der Waals surface area contributed by atoms with E-state index in [9.17, 15) is 4.79 Å². The third kappa shape index (κ3) is 3.16. The minimum Gasteiger partial charge on any atom is -0.332 e. The Morgan fingerprint density at radius 2 is 2.08 bits per heavy atom. The van der Waals surface area contributed by atoms with Crippen LogP contribution in [-0.4, -0.2) is 27.5 Å². The third-order valence-electron chi connectivity index (χ3n) is 5.15. The van der Waals surface area contributed by atoms with Crippen molar-refractivity contribution in [3.05, 3.63) is 63.8 Å². The molecule has 0 spiro atoms. The van der Waals surface area contributed by atoms with Crippen molar-refractivity contribution in [2.45, 2.75) is 38.6 Å². The van der Waals surface area contributed by atoms with Crippen molar-refractivity contribution >= 4 is 32.7 Å². The molecule has 0 saturated carbocycles. The number of benzene rings is 2. The molecule has 1 aliphatic heterocycles. The fraction of sp³-hybridized carbons (Fsp3) is 0.333. The van der Waals surface area contributed by atoms with Crippen LogP contribution in [0.1, 0.15) is 53.8 Å². The van der Waals surface area contributed by atoms with Gasteiger partial charge in [0, 0.05) is 27.7 Å². The Hall–Kier alpha value is -2.14. The Kier molecular flexibility index (Phi) is 4.81. The molecular formula is C21H22BrN3O. The number of rotatable bonds is 4. The summed E-state index contributed by atoms with van der Waals surface area (Å²) in [6.45, 7) is 2.96. The van der Waals surface area contributed by atoms with Crippen molar-refractivity contribution in [1.29, 1.82) is 0 Å². The number of halogens is 1. The minimum atomic E-state index is 0.112. The molecule has 0 bridgehead atoms. The average molecular weight is 412 g/mol. The summed E-state index contributed by atoms with van der Waals surface area (Å²) >= 11 is 3.48. The van der Waals surface area contributed by atoms with Crippen LogP contribution in [0.4, 0.5) is 0 Å². The number of aromatic nitrogens is 2. The van der Waals surface area contributed by atoms with E-state index in [1.54, 1.807) is 0 Å². The number of nitrogens with zero attached hydrogens (tertiary/aromatic N) is 2. The zero-order valence-corrected chi connectivity index (χ0v) is 16.4. The molecule has 1 saturated heterocycles. The van der Waals surface area contributed by atoms with Crippen LogP contribution in [0, 0.1) is 0 Å². The lowest BCUT2D eigenvalue weighted by molar-refractivity contribution is 0.0736. The van der Waals surface area contributed by atoms with Gasteiger partial charge in [0.05, 0.1) is 11.6 Å². The predicted molar refractivity (Wildman–Crippen MR) is 107 cm³/mol. The van der Waals surface area contributed by atoms with Gasteiger partial charge in [-0.25, -0.2) is 0 Å². The zero-order valence-electron chi connectivity index (χ0n) is 14.8. The molecule has 1 fully saturated rings. The van der Waals surface area contributed by atoms with Crippen molar-refractivity contribution in [3.63, 3.8) is 0 Å². The van der Waals surface area contributed by atoms with Gasteiger partial charge in [0.1, 0.15) is 0 Å². The first-order valence-electron chi connectivity index (χ1n) is 9.21. The number of carbonyl (C=O) groups excluding carboxylic acids is 1. The van der Waals surface area contributed by atoms with Crippen LogP contribution >= 0.6 is 15.9 Å². The fourth-order valence-corrected chi connectivity index (χ4v) is 4.11. The number of aromatic amines is 1. The first-order chi connectivity index (χ1) is 12.7. The SMILES string of the molecule is CCCc1[nH]nc2ccc(C(=O)N3CCCC3c3ccc(Br)cc3)cc12. The Labute approximate surface area is 161 Å². The number of amides is 1. The molecule has 1 unspecified atom stereocenters. The summed E-state index contributed by atoms with van der Waals surface area (Å²) in [6, 6.07) is 14.3. The maximum atomic E-state index is 13.2.